The molecule has 0 aromatic carbocycles. The standard InChI is InChI=1S/C12H19NOS/c1-8(2)10(4)15-12-9(3)5-11(7-14)6-13-12/h5-6,8,10,14H,7H2,1-4H3. The van der Waals surface area contributed by atoms with Gasteiger partial charge in [-0.05, 0) is 30.0 Å². The van der Waals surface area contributed by atoms with Gasteiger partial charge in [-0.1, -0.05) is 20.8 Å². The Balaban J connectivity index is 2.78. The number of aliphatic hydroxyl groups is 1. The Hall–Kier alpha value is -0.540. The first-order chi connectivity index (χ1) is 7.04. The fourth-order valence-electron chi connectivity index (χ4n) is 1.14. The van der Waals surface area contributed by atoms with Crippen LogP contribution in [0.25, 0.3) is 0 Å². The highest BCUT2D eigenvalue weighted by Crippen LogP contribution is 2.28. The number of hydrogen-bond donors (Lipinski definition) is 1. The Bertz CT molecular complexity index is 325. The van der Waals surface area contributed by atoms with Crippen LogP contribution in [0.2, 0.25) is 0 Å². The monoisotopic (exact) mass is 225 g/mol. The van der Waals surface area contributed by atoms with Gasteiger partial charge in [0.2, 0.25) is 0 Å². The molecular weight excluding hydrogens is 206 g/mol. The minimum atomic E-state index is 0.0680. The molecule has 0 saturated carbocycles. The van der Waals surface area contributed by atoms with Crippen molar-refractivity contribution in [3.8, 4) is 0 Å². The van der Waals surface area contributed by atoms with Crippen molar-refractivity contribution in [2.24, 2.45) is 5.92 Å². The van der Waals surface area contributed by atoms with Gasteiger partial charge in [0.25, 0.3) is 0 Å². The molecule has 3 heteroatoms. The molecule has 1 rings (SSSR count). The zero-order valence-electron chi connectivity index (χ0n) is 9.82. The van der Waals surface area contributed by atoms with E-state index in [0.29, 0.717) is 11.2 Å². The van der Waals surface area contributed by atoms with Crippen LogP contribution in [-0.4, -0.2) is 15.3 Å². The summed E-state index contributed by atoms with van der Waals surface area (Å²) in [6, 6.07) is 2.00. The Labute approximate surface area is 96.1 Å². The molecule has 0 bridgehead atoms. The van der Waals surface area contributed by atoms with Crippen molar-refractivity contribution < 1.29 is 5.11 Å². The maximum atomic E-state index is 8.98. The molecule has 0 fully saturated rings. The van der Waals surface area contributed by atoms with Gasteiger partial charge in [-0.15, -0.1) is 11.8 Å². The normalized spacial score (nSPS) is 13.2. The lowest BCUT2D eigenvalue weighted by Crippen LogP contribution is -2.06. The highest BCUT2D eigenvalue weighted by atomic mass is 32.2. The van der Waals surface area contributed by atoms with Gasteiger partial charge in [-0.3, -0.25) is 0 Å². The molecule has 84 valence electrons. The summed E-state index contributed by atoms with van der Waals surface area (Å²) in [4.78, 5) is 4.37. The summed E-state index contributed by atoms with van der Waals surface area (Å²) in [6.07, 6.45) is 1.75. The predicted molar refractivity (Wildman–Crippen MR) is 65.1 cm³/mol. The van der Waals surface area contributed by atoms with Gasteiger partial charge in [-0.25, -0.2) is 4.98 Å². The molecule has 1 atom stereocenters. The van der Waals surface area contributed by atoms with Gasteiger partial charge in [0.05, 0.1) is 11.6 Å². The average Bonchev–Trinajstić information content (AvgIpc) is 2.20. The van der Waals surface area contributed by atoms with Crippen LogP contribution in [-0.2, 0) is 6.61 Å². The third-order valence-electron chi connectivity index (χ3n) is 2.51. The number of aryl methyl sites for hydroxylation is 1. The van der Waals surface area contributed by atoms with E-state index in [1.165, 1.54) is 0 Å². The van der Waals surface area contributed by atoms with E-state index in [4.69, 9.17) is 5.11 Å². The lowest BCUT2D eigenvalue weighted by Gasteiger charge is -2.15. The number of pyridine rings is 1. The van der Waals surface area contributed by atoms with Crippen molar-refractivity contribution in [1.29, 1.82) is 0 Å². The van der Waals surface area contributed by atoms with Gasteiger partial charge in [0.1, 0.15) is 0 Å². The number of aliphatic hydroxyl groups excluding tert-OH is 1. The lowest BCUT2D eigenvalue weighted by molar-refractivity contribution is 0.281. The van der Waals surface area contributed by atoms with E-state index in [2.05, 4.69) is 25.8 Å². The molecule has 1 aromatic rings. The molecule has 2 nitrogen and oxygen atoms in total. The summed E-state index contributed by atoms with van der Waals surface area (Å²) >= 11 is 1.80. The van der Waals surface area contributed by atoms with Gasteiger partial charge in [0, 0.05) is 11.4 Å². The van der Waals surface area contributed by atoms with Crippen LogP contribution in [0.15, 0.2) is 17.3 Å². The molecule has 1 N–H and O–H groups in total. The van der Waals surface area contributed by atoms with Crippen molar-refractivity contribution in [3.63, 3.8) is 0 Å². The van der Waals surface area contributed by atoms with E-state index in [1.807, 2.05) is 13.0 Å². The maximum absolute atomic E-state index is 8.98. The van der Waals surface area contributed by atoms with E-state index in [0.717, 1.165) is 16.2 Å². The first-order valence-corrected chi connectivity index (χ1v) is 6.15. The van der Waals surface area contributed by atoms with Crippen LogP contribution < -0.4 is 0 Å². The molecule has 0 aliphatic rings. The van der Waals surface area contributed by atoms with Gasteiger partial charge < -0.3 is 5.11 Å². The number of thioether (sulfide) groups is 1. The summed E-state index contributed by atoms with van der Waals surface area (Å²) in [6.45, 7) is 8.76. The van der Waals surface area contributed by atoms with Gasteiger partial charge >= 0.3 is 0 Å². The molecule has 0 radical (unpaired) electrons. The minimum absolute atomic E-state index is 0.0680. The summed E-state index contributed by atoms with van der Waals surface area (Å²) in [5.41, 5.74) is 2.04. The second kappa shape index (κ2) is 5.52. The molecule has 1 unspecified atom stereocenters. The second-order valence-corrected chi connectivity index (χ2v) is 5.56. The second-order valence-electron chi connectivity index (χ2n) is 4.19. The number of aromatic nitrogens is 1. The van der Waals surface area contributed by atoms with Crippen LogP contribution in [0.5, 0.6) is 0 Å². The summed E-state index contributed by atoms with van der Waals surface area (Å²) < 4.78 is 0. The molecule has 0 aliphatic heterocycles. The highest BCUT2D eigenvalue weighted by molar-refractivity contribution is 7.99. The van der Waals surface area contributed by atoms with Crippen LogP contribution in [0.1, 0.15) is 31.9 Å². The minimum Gasteiger partial charge on any atom is -0.392 e. The summed E-state index contributed by atoms with van der Waals surface area (Å²) in [5, 5.41) is 10.6. The number of nitrogens with zero attached hydrogens (tertiary/aromatic N) is 1. The SMILES string of the molecule is Cc1cc(CO)cnc1SC(C)C(C)C. The third kappa shape index (κ3) is 3.50. The van der Waals surface area contributed by atoms with Crippen LogP contribution in [0.4, 0.5) is 0 Å². The van der Waals surface area contributed by atoms with Gasteiger partial charge in [0.15, 0.2) is 0 Å². The quantitative estimate of drug-likeness (QED) is 0.800. The number of rotatable bonds is 4. The Morgan fingerprint density at radius 2 is 2.07 bits per heavy atom. The average molecular weight is 225 g/mol. The number of hydrogen-bond acceptors (Lipinski definition) is 3. The van der Waals surface area contributed by atoms with Crippen molar-refractivity contribution in [3.05, 3.63) is 23.4 Å². The highest BCUT2D eigenvalue weighted by Gasteiger charge is 2.11. The lowest BCUT2D eigenvalue weighted by atomic mass is 10.2. The Morgan fingerprint density at radius 3 is 2.53 bits per heavy atom. The molecular formula is C12H19NOS. The van der Waals surface area contributed by atoms with E-state index >= 15 is 0 Å². The van der Waals surface area contributed by atoms with Crippen molar-refractivity contribution in [1.82, 2.24) is 4.98 Å². The van der Waals surface area contributed by atoms with E-state index in [9.17, 15) is 0 Å². The van der Waals surface area contributed by atoms with Crippen molar-refractivity contribution in [2.75, 3.05) is 0 Å². The molecule has 0 aliphatic carbocycles. The smallest absolute Gasteiger partial charge is 0.0991 e. The summed E-state index contributed by atoms with van der Waals surface area (Å²) in [5.74, 6) is 0.647. The van der Waals surface area contributed by atoms with Crippen molar-refractivity contribution in [2.45, 2.75) is 44.6 Å². The molecule has 0 amide bonds. The first-order valence-electron chi connectivity index (χ1n) is 5.27. The molecule has 0 spiro atoms. The zero-order chi connectivity index (χ0) is 11.4. The molecule has 1 heterocycles. The van der Waals surface area contributed by atoms with Crippen LogP contribution in [0.3, 0.4) is 0 Å². The summed E-state index contributed by atoms with van der Waals surface area (Å²) in [7, 11) is 0. The van der Waals surface area contributed by atoms with Crippen LogP contribution >= 0.6 is 11.8 Å². The third-order valence-corrected chi connectivity index (χ3v) is 4.07. The Kier molecular flexibility index (Phi) is 4.61. The largest absolute Gasteiger partial charge is 0.392 e. The maximum Gasteiger partial charge on any atom is 0.0991 e. The zero-order valence-corrected chi connectivity index (χ0v) is 10.6. The van der Waals surface area contributed by atoms with E-state index < -0.39 is 0 Å². The topological polar surface area (TPSA) is 33.1 Å². The van der Waals surface area contributed by atoms with Crippen LogP contribution in [0, 0.1) is 12.8 Å². The first kappa shape index (κ1) is 12.5. The molecule has 1 aromatic heterocycles. The van der Waals surface area contributed by atoms with Crippen molar-refractivity contribution >= 4 is 11.8 Å². The van der Waals surface area contributed by atoms with E-state index in [1.54, 1.807) is 18.0 Å². The van der Waals surface area contributed by atoms with E-state index in [-0.39, 0.29) is 6.61 Å². The fraction of sp³-hybridized carbons (Fsp3) is 0.583. The molecule has 0 saturated heterocycles. The molecule has 15 heavy (non-hydrogen) atoms. The fourth-order valence-corrected chi connectivity index (χ4v) is 2.13. The van der Waals surface area contributed by atoms with Gasteiger partial charge in [-0.2, -0.15) is 0 Å². The Morgan fingerprint density at radius 1 is 1.40 bits per heavy atom. The predicted octanol–water partition coefficient (Wildman–Crippen LogP) is 3.02.